The van der Waals surface area contributed by atoms with Gasteiger partial charge in [0.1, 0.15) is 5.69 Å². The molecular formula is C18H20F4N4O. The Hall–Kier alpha value is -2.42. The number of alkyl halides is 3. The Balaban J connectivity index is 1.62. The van der Waals surface area contributed by atoms with Crippen molar-refractivity contribution in [2.45, 2.75) is 31.6 Å². The van der Waals surface area contributed by atoms with E-state index in [1.54, 1.807) is 12.1 Å². The first-order valence-electron chi connectivity index (χ1n) is 8.56. The minimum Gasteiger partial charge on any atom is -0.494 e. The highest BCUT2D eigenvalue weighted by atomic mass is 19.4. The van der Waals surface area contributed by atoms with Gasteiger partial charge in [-0.2, -0.15) is 13.2 Å². The second kappa shape index (κ2) is 8.08. The SMILES string of the molecule is COc1ccc(CN2CCCC(Nc3nccc(C(F)(F)F)n3)C2)cc1F. The maximum atomic E-state index is 13.8. The summed E-state index contributed by atoms with van der Waals surface area (Å²) >= 11 is 0. The van der Waals surface area contributed by atoms with E-state index >= 15 is 0 Å². The van der Waals surface area contributed by atoms with Crippen LogP contribution in [0.25, 0.3) is 0 Å². The van der Waals surface area contributed by atoms with Crippen molar-refractivity contribution in [2.24, 2.45) is 0 Å². The van der Waals surface area contributed by atoms with Crippen LogP contribution in [0.5, 0.6) is 5.75 Å². The highest BCUT2D eigenvalue weighted by molar-refractivity contribution is 5.30. The molecule has 0 bridgehead atoms. The molecule has 1 aliphatic rings. The predicted octanol–water partition coefficient (Wildman–Crippen LogP) is 3.72. The van der Waals surface area contributed by atoms with Crippen molar-refractivity contribution in [3.63, 3.8) is 0 Å². The van der Waals surface area contributed by atoms with Gasteiger partial charge >= 0.3 is 6.18 Å². The lowest BCUT2D eigenvalue weighted by atomic mass is 10.0. The number of methoxy groups -OCH3 is 1. The first-order chi connectivity index (χ1) is 12.8. The summed E-state index contributed by atoms with van der Waals surface area (Å²) in [5.41, 5.74) is -0.161. The molecule has 3 rings (SSSR count). The molecule has 2 aromatic rings. The summed E-state index contributed by atoms with van der Waals surface area (Å²) < 4.78 is 57.1. The Morgan fingerprint density at radius 1 is 1.30 bits per heavy atom. The van der Waals surface area contributed by atoms with Gasteiger partial charge in [-0.3, -0.25) is 4.90 Å². The Kier molecular flexibility index (Phi) is 5.79. The van der Waals surface area contributed by atoms with Crippen LogP contribution in [0.1, 0.15) is 24.1 Å². The minimum atomic E-state index is -4.50. The number of ether oxygens (including phenoxy) is 1. The third-order valence-electron chi connectivity index (χ3n) is 4.41. The second-order valence-corrected chi connectivity index (χ2v) is 6.45. The smallest absolute Gasteiger partial charge is 0.433 e. The van der Waals surface area contributed by atoms with Gasteiger partial charge in [0.2, 0.25) is 5.95 Å². The average Bonchev–Trinajstić information content (AvgIpc) is 2.62. The van der Waals surface area contributed by atoms with Crippen LogP contribution >= 0.6 is 0 Å². The topological polar surface area (TPSA) is 50.3 Å². The second-order valence-electron chi connectivity index (χ2n) is 6.45. The van der Waals surface area contributed by atoms with E-state index in [0.29, 0.717) is 13.1 Å². The van der Waals surface area contributed by atoms with Gasteiger partial charge in [-0.15, -0.1) is 0 Å². The zero-order valence-corrected chi connectivity index (χ0v) is 14.8. The predicted molar refractivity (Wildman–Crippen MR) is 91.9 cm³/mol. The van der Waals surface area contributed by atoms with Gasteiger partial charge in [0.15, 0.2) is 11.6 Å². The van der Waals surface area contributed by atoms with Gasteiger partial charge in [0, 0.05) is 25.3 Å². The van der Waals surface area contributed by atoms with Crippen molar-refractivity contribution in [3.8, 4) is 5.75 Å². The van der Waals surface area contributed by atoms with Crippen LogP contribution in [0.3, 0.4) is 0 Å². The lowest BCUT2D eigenvalue weighted by Crippen LogP contribution is -2.42. The highest BCUT2D eigenvalue weighted by Crippen LogP contribution is 2.28. The number of piperidine rings is 1. The normalized spacial score (nSPS) is 18.3. The highest BCUT2D eigenvalue weighted by Gasteiger charge is 2.33. The maximum absolute atomic E-state index is 13.8. The molecule has 27 heavy (non-hydrogen) atoms. The summed E-state index contributed by atoms with van der Waals surface area (Å²) in [5, 5.41) is 2.98. The molecule has 2 heterocycles. The quantitative estimate of drug-likeness (QED) is 0.797. The molecule has 146 valence electrons. The Morgan fingerprint density at radius 2 is 2.11 bits per heavy atom. The first-order valence-corrected chi connectivity index (χ1v) is 8.56. The molecule has 1 N–H and O–H groups in total. The maximum Gasteiger partial charge on any atom is 0.433 e. The fourth-order valence-electron chi connectivity index (χ4n) is 3.15. The molecule has 1 aromatic carbocycles. The number of benzene rings is 1. The standard InChI is InChI=1S/C18H20F4N4O/c1-27-15-5-4-12(9-14(15)19)10-26-8-2-3-13(11-26)24-17-23-7-6-16(25-17)18(20,21)22/h4-7,9,13H,2-3,8,10-11H2,1H3,(H,23,24,25). The molecule has 1 unspecified atom stereocenters. The lowest BCUT2D eigenvalue weighted by Gasteiger charge is -2.33. The molecule has 0 spiro atoms. The molecule has 1 saturated heterocycles. The molecule has 5 nitrogen and oxygen atoms in total. The van der Waals surface area contributed by atoms with Crippen molar-refractivity contribution in [2.75, 3.05) is 25.5 Å². The third kappa shape index (κ3) is 5.06. The molecule has 1 aliphatic heterocycles. The van der Waals surface area contributed by atoms with Crippen molar-refractivity contribution >= 4 is 5.95 Å². The average molecular weight is 384 g/mol. The van der Waals surface area contributed by atoms with E-state index in [4.69, 9.17) is 4.74 Å². The van der Waals surface area contributed by atoms with Crippen molar-refractivity contribution in [3.05, 3.63) is 47.5 Å². The van der Waals surface area contributed by atoms with Crippen LogP contribution in [0, 0.1) is 5.82 Å². The monoisotopic (exact) mass is 384 g/mol. The summed E-state index contributed by atoms with van der Waals surface area (Å²) in [6.07, 6.45) is -1.74. The van der Waals surface area contributed by atoms with Crippen LogP contribution in [-0.4, -0.2) is 41.1 Å². The molecule has 1 aromatic heterocycles. The number of nitrogens with one attached hydrogen (secondary N) is 1. The Morgan fingerprint density at radius 3 is 2.81 bits per heavy atom. The van der Waals surface area contributed by atoms with Crippen molar-refractivity contribution < 1.29 is 22.3 Å². The van der Waals surface area contributed by atoms with Crippen LogP contribution in [0.15, 0.2) is 30.5 Å². The van der Waals surface area contributed by atoms with Crippen molar-refractivity contribution in [1.82, 2.24) is 14.9 Å². The number of likely N-dealkylation sites (tertiary alicyclic amines) is 1. The zero-order chi connectivity index (χ0) is 19.4. The van der Waals surface area contributed by atoms with E-state index in [0.717, 1.165) is 37.2 Å². The number of rotatable bonds is 5. The molecular weight excluding hydrogens is 364 g/mol. The zero-order valence-electron chi connectivity index (χ0n) is 14.8. The van der Waals surface area contributed by atoms with E-state index in [2.05, 4.69) is 20.2 Å². The summed E-state index contributed by atoms with van der Waals surface area (Å²) in [6, 6.07) is 5.59. The number of anilines is 1. The molecule has 0 aliphatic carbocycles. The van der Waals surface area contributed by atoms with E-state index in [1.165, 1.54) is 13.2 Å². The van der Waals surface area contributed by atoms with E-state index in [9.17, 15) is 17.6 Å². The van der Waals surface area contributed by atoms with E-state index in [-0.39, 0.29) is 17.7 Å². The molecule has 0 amide bonds. The van der Waals surface area contributed by atoms with Gasteiger partial charge < -0.3 is 10.1 Å². The van der Waals surface area contributed by atoms with Crippen LogP contribution in [0.4, 0.5) is 23.5 Å². The number of aromatic nitrogens is 2. The molecule has 0 radical (unpaired) electrons. The van der Waals surface area contributed by atoms with Crippen LogP contribution in [0.2, 0.25) is 0 Å². The summed E-state index contributed by atoms with van der Waals surface area (Å²) in [6.45, 7) is 1.98. The molecule has 1 atom stereocenters. The largest absolute Gasteiger partial charge is 0.494 e. The molecule has 1 fully saturated rings. The fraction of sp³-hybridized carbons (Fsp3) is 0.444. The molecule has 0 saturated carbocycles. The number of hydrogen-bond donors (Lipinski definition) is 1. The minimum absolute atomic E-state index is 0.0350. The molecule has 9 heteroatoms. The summed E-state index contributed by atoms with van der Waals surface area (Å²) in [5.74, 6) is -0.259. The van der Waals surface area contributed by atoms with Gasteiger partial charge in [-0.25, -0.2) is 14.4 Å². The van der Waals surface area contributed by atoms with E-state index in [1.807, 2.05) is 0 Å². The Labute approximate surface area is 154 Å². The van der Waals surface area contributed by atoms with Gasteiger partial charge in [-0.05, 0) is 43.1 Å². The van der Waals surface area contributed by atoms with Crippen LogP contribution < -0.4 is 10.1 Å². The number of hydrogen-bond acceptors (Lipinski definition) is 5. The number of halogens is 4. The Bertz CT molecular complexity index is 784. The third-order valence-corrected chi connectivity index (χ3v) is 4.41. The van der Waals surface area contributed by atoms with Gasteiger partial charge in [-0.1, -0.05) is 6.07 Å². The fourth-order valence-corrected chi connectivity index (χ4v) is 3.15. The lowest BCUT2D eigenvalue weighted by molar-refractivity contribution is -0.141. The first kappa shape index (κ1) is 19.3. The summed E-state index contributed by atoms with van der Waals surface area (Å²) in [7, 11) is 1.41. The van der Waals surface area contributed by atoms with Crippen molar-refractivity contribution in [1.29, 1.82) is 0 Å². The van der Waals surface area contributed by atoms with Crippen LogP contribution in [-0.2, 0) is 12.7 Å². The summed E-state index contributed by atoms with van der Waals surface area (Å²) in [4.78, 5) is 9.55. The number of nitrogens with zero attached hydrogens (tertiary/aromatic N) is 3. The van der Waals surface area contributed by atoms with Gasteiger partial charge in [0.25, 0.3) is 0 Å². The van der Waals surface area contributed by atoms with Gasteiger partial charge in [0.05, 0.1) is 7.11 Å². The van der Waals surface area contributed by atoms with E-state index < -0.39 is 17.7 Å².